The number of hydrogen-bond donors (Lipinski definition) is 1. The van der Waals surface area contributed by atoms with Crippen LogP contribution in [-0.4, -0.2) is 61.4 Å². The highest BCUT2D eigenvalue weighted by molar-refractivity contribution is 5.81. The van der Waals surface area contributed by atoms with Gasteiger partial charge in [0.2, 0.25) is 5.91 Å². The maximum Gasteiger partial charge on any atom is 0.261 e. The fourth-order valence-electron chi connectivity index (χ4n) is 5.32. The molecule has 4 rings (SSSR count). The average Bonchev–Trinajstić information content (AvgIpc) is 3.41. The predicted molar refractivity (Wildman–Crippen MR) is 138 cm³/mol. The molecule has 36 heavy (non-hydrogen) atoms. The number of likely N-dealkylation sites (N-methyl/N-ethyl adjacent to an activating group) is 1. The molecule has 7 heteroatoms. The van der Waals surface area contributed by atoms with E-state index in [0.29, 0.717) is 25.3 Å². The van der Waals surface area contributed by atoms with Crippen molar-refractivity contribution in [3.05, 3.63) is 65.0 Å². The second-order valence-corrected chi connectivity index (χ2v) is 10.2. The smallest absolute Gasteiger partial charge is 0.261 e. The van der Waals surface area contributed by atoms with Crippen LogP contribution in [0.1, 0.15) is 61.8 Å². The van der Waals surface area contributed by atoms with Crippen molar-refractivity contribution in [2.24, 2.45) is 5.92 Å². The molecule has 1 saturated carbocycles. The molecule has 6 nitrogen and oxygen atoms in total. The zero-order valence-corrected chi connectivity index (χ0v) is 21.6. The van der Waals surface area contributed by atoms with E-state index in [1.807, 2.05) is 49.0 Å². The summed E-state index contributed by atoms with van der Waals surface area (Å²) in [5.74, 6) is 0.414. The lowest BCUT2D eigenvalue weighted by molar-refractivity contribution is -0.137. The van der Waals surface area contributed by atoms with Gasteiger partial charge in [0.1, 0.15) is 11.6 Å². The van der Waals surface area contributed by atoms with Crippen LogP contribution in [0, 0.1) is 11.7 Å². The van der Waals surface area contributed by atoms with Crippen LogP contribution in [0.2, 0.25) is 0 Å². The molecule has 0 bridgehead atoms. The lowest BCUT2D eigenvalue weighted by Gasteiger charge is -2.39. The molecule has 0 radical (unpaired) electrons. The van der Waals surface area contributed by atoms with Crippen molar-refractivity contribution >= 4 is 11.8 Å². The minimum atomic E-state index is -0.603. The number of hydrogen-bond acceptors (Lipinski definition) is 4. The van der Waals surface area contributed by atoms with E-state index in [1.54, 1.807) is 12.1 Å². The average molecular weight is 496 g/mol. The third kappa shape index (κ3) is 6.06. The Labute approximate surface area is 213 Å². The lowest BCUT2D eigenvalue weighted by atomic mass is 9.87. The van der Waals surface area contributed by atoms with Gasteiger partial charge in [-0.25, -0.2) is 4.39 Å². The zero-order valence-electron chi connectivity index (χ0n) is 21.6. The van der Waals surface area contributed by atoms with E-state index in [0.717, 1.165) is 55.3 Å². The fraction of sp³-hybridized carbons (Fsp3) is 0.517. The number of ether oxygens (including phenoxy) is 1. The zero-order chi connectivity index (χ0) is 25.7. The standard InChI is InChI=1S/C29H38FN3O3/c1-4-26(28(34)31-16-18-32(2)3)36-24-14-11-20-15-17-33(29(35)22-7-5-6-8-22)27(25(20)19-24)21-9-12-23(30)13-10-21/h9-14,19,22,26-27H,4-8,15-18H2,1-3H3,(H,31,34). The van der Waals surface area contributed by atoms with Gasteiger partial charge in [0, 0.05) is 25.6 Å². The van der Waals surface area contributed by atoms with Crippen LogP contribution in [0.3, 0.4) is 0 Å². The summed E-state index contributed by atoms with van der Waals surface area (Å²) in [7, 11) is 3.93. The van der Waals surface area contributed by atoms with Gasteiger partial charge in [0.15, 0.2) is 6.10 Å². The molecule has 194 valence electrons. The molecule has 2 atom stereocenters. The molecule has 1 aliphatic carbocycles. The SMILES string of the molecule is CCC(Oc1ccc2c(c1)C(c1ccc(F)cc1)N(C(=O)C1CCCC1)CC2)C(=O)NCCN(C)C. The first kappa shape index (κ1) is 26.1. The molecule has 2 aromatic rings. The fourth-order valence-corrected chi connectivity index (χ4v) is 5.32. The second-order valence-electron chi connectivity index (χ2n) is 10.2. The van der Waals surface area contributed by atoms with E-state index in [9.17, 15) is 14.0 Å². The Balaban J connectivity index is 1.61. The Morgan fingerprint density at radius 1 is 1.14 bits per heavy atom. The Kier molecular flexibility index (Phi) is 8.62. The normalized spacial score (nSPS) is 18.7. The monoisotopic (exact) mass is 495 g/mol. The number of benzene rings is 2. The minimum Gasteiger partial charge on any atom is -0.481 e. The molecule has 1 heterocycles. The van der Waals surface area contributed by atoms with Gasteiger partial charge in [-0.3, -0.25) is 9.59 Å². The highest BCUT2D eigenvalue weighted by Crippen LogP contribution is 2.40. The van der Waals surface area contributed by atoms with Crippen LogP contribution in [0.4, 0.5) is 4.39 Å². The first-order chi connectivity index (χ1) is 17.4. The number of nitrogens with one attached hydrogen (secondary N) is 1. The molecule has 2 unspecified atom stereocenters. The summed E-state index contributed by atoms with van der Waals surface area (Å²) in [6.07, 6.45) is 4.75. The molecule has 0 spiro atoms. The Hall–Kier alpha value is -2.93. The van der Waals surface area contributed by atoms with Gasteiger partial charge in [-0.2, -0.15) is 0 Å². The Morgan fingerprint density at radius 3 is 2.53 bits per heavy atom. The first-order valence-corrected chi connectivity index (χ1v) is 13.1. The van der Waals surface area contributed by atoms with E-state index in [1.165, 1.54) is 12.1 Å². The second kappa shape index (κ2) is 11.9. The topological polar surface area (TPSA) is 61.9 Å². The first-order valence-electron chi connectivity index (χ1n) is 13.1. The van der Waals surface area contributed by atoms with Gasteiger partial charge in [-0.05, 0) is 80.7 Å². The largest absolute Gasteiger partial charge is 0.481 e. The maximum atomic E-state index is 13.8. The summed E-state index contributed by atoms with van der Waals surface area (Å²) >= 11 is 0. The van der Waals surface area contributed by atoms with Crippen molar-refractivity contribution in [2.45, 2.75) is 57.6 Å². The van der Waals surface area contributed by atoms with Gasteiger partial charge < -0.3 is 19.9 Å². The number of amides is 2. The Morgan fingerprint density at radius 2 is 1.86 bits per heavy atom. The summed E-state index contributed by atoms with van der Waals surface area (Å²) in [6, 6.07) is 12.0. The van der Waals surface area contributed by atoms with Gasteiger partial charge in [0.05, 0.1) is 6.04 Å². The summed E-state index contributed by atoms with van der Waals surface area (Å²) < 4.78 is 19.9. The number of halogens is 1. The van der Waals surface area contributed by atoms with Crippen molar-refractivity contribution in [1.29, 1.82) is 0 Å². The number of nitrogens with zero attached hydrogens (tertiary/aromatic N) is 2. The van der Waals surface area contributed by atoms with Crippen LogP contribution in [0.5, 0.6) is 5.75 Å². The predicted octanol–water partition coefficient (Wildman–Crippen LogP) is 4.33. The summed E-state index contributed by atoms with van der Waals surface area (Å²) in [5, 5.41) is 2.95. The van der Waals surface area contributed by atoms with E-state index in [2.05, 4.69) is 5.32 Å². The van der Waals surface area contributed by atoms with E-state index in [4.69, 9.17) is 4.74 Å². The highest BCUT2D eigenvalue weighted by Gasteiger charge is 2.36. The van der Waals surface area contributed by atoms with Crippen molar-refractivity contribution in [3.8, 4) is 5.75 Å². The maximum absolute atomic E-state index is 13.8. The molecule has 0 aromatic heterocycles. The molecule has 2 aromatic carbocycles. The summed E-state index contributed by atoms with van der Waals surface area (Å²) in [5.41, 5.74) is 3.02. The number of fused-ring (bicyclic) bond motifs is 1. The van der Waals surface area contributed by atoms with Crippen LogP contribution in [-0.2, 0) is 16.0 Å². The third-order valence-electron chi connectivity index (χ3n) is 7.32. The molecule has 2 aliphatic rings. The molecule has 1 aliphatic heterocycles. The number of carbonyl (C=O) groups is 2. The molecular formula is C29H38FN3O3. The molecule has 1 fully saturated rings. The minimum absolute atomic E-state index is 0.0595. The lowest BCUT2D eigenvalue weighted by Crippen LogP contribution is -2.43. The molecule has 2 amide bonds. The quantitative estimate of drug-likeness (QED) is 0.563. The van der Waals surface area contributed by atoms with E-state index < -0.39 is 6.10 Å². The Bertz CT molecular complexity index is 1050. The van der Waals surface area contributed by atoms with E-state index >= 15 is 0 Å². The van der Waals surface area contributed by atoms with Crippen molar-refractivity contribution < 1.29 is 18.7 Å². The van der Waals surface area contributed by atoms with Crippen LogP contribution >= 0.6 is 0 Å². The highest BCUT2D eigenvalue weighted by atomic mass is 19.1. The van der Waals surface area contributed by atoms with Crippen molar-refractivity contribution in [2.75, 3.05) is 33.7 Å². The summed E-state index contributed by atoms with van der Waals surface area (Å²) in [4.78, 5) is 30.3. The third-order valence-corrected chi connectivity index (χ3v) is 7.32. The summed E-state index contributed by atoms with van der Waals surface area (Å²) in [6.45, 7) is 3.88. The molecule has 1 N–H and O–H groups in total. The van der Waals surface area contributed by atoms with Crippen molar-refractivity contribution in [1.82, 2.24) is 15.1 Å². The molecular weight excluding hydrogens is 457 g/mol. The van der Waals surface area contributed by atoms with Crippen LogP contribution < -0.4 is 10.1 Å². The van der Waals surface area contributed by atoms with Crippen LogP contribution in [0.15, 0.2) is 42.5 Å². The van der Waals surface area contributed by atoms with Crippen LogP contribution in [0.25, 0.3) is 0 Å². The van der Waals surface area contributed by atoms with Gasteiger partial charge >= 0.3 is 0 Å². The number of carbonyl (C=O) groups excluding carboxylic acids is 2. The van der Waals surface area contributed by atoms with E-state index in [-0.39, 0.29) is 29.6 Å². The molecule has 0 saturated heterocycles. The van der Waals surface area contributed by atoms with Gasteiger partial charge in [0.25, 0.3) is 5.91 Å². The van der Waals surface area contributed by atoms with Gasteiger partial charge in [-0.1, -0.05) is 38.0 Å². The number of rotatable bonds is 9. The van der Waals surface area contributed by atoms with Crippen molar-refractivity contribution in [3.63, 3.8) is 0 Å². The van der Waals surface area contributed by atoms with Gasteiger partial charge in [-0.15, -0.1) is 0 Å².